The van der Waals surface area contributed by atoms with Crippen LogP contribution in [0.5, 0.6) is 0 Å². The van der Waals surface area contributed by atoms with Crippen molar-refractivity contribution in [2.75, 3.05) is 0 Å². The molecule has 1 aromatic carbocycles. The van der Waals surface area contributed by atoms with Gasteiger partial charge < -0.3 is 9.97 Å². The van der Waals surface area contributed by atoms with Gasteiger partial charge >= 0.3 is 6.18 Å². The number of fused-ring (bicyclic) bond motifs is 3. The van der Waals surface area contributed by atoms with Crippen molar-refractivity contribution in [3.63, 3.8) is 0 Å². The molecule has 7 heteroatoms. The summed E-state index contributed by atoms with van der Waals surface area (Å²) in [4.78, 5) is 22.2. The van der Waals surface area contributed by atoms with Crippen LogP contribution >= 0.6 is 0 Å². The molecule has 126 valence electrons. The van der Waals surface area contributed by atoms with Gasteiger partial charge in [-0.3, -0.25) is 9.78 Å². The van der Waals surface area contributed by atoms with E-state index in [0.717, 1.165) is 17.7 Å². The van der Waals surface area contributed by atoms with Crippen LogP contribution in [0.3, 0.4) is 0 Å². The Morgan fingerprint density at radius 3 is 2.56 bits per heavy atom. The van der Waals surface area contributed by atoms with E-state index >= 15 is 0 Å². The second-order valence-electron chi connectivity index (χ2n) is 5.83. The van der Waals surface area contributed by atoms with Crippen LogP contribution in [-0.2, 0) is 6.18 Å². The van der Waals surface area contributed by atoms with Gasteiger partial charge in [0.2, 0.25) is 0 Å². The number of pyridine rings is 2. The average molecular weight is 343 g/mol. The van der Waals surface area contributed by atoms with E-state index in [1.54, 1.807) is 31.5 Å². The van der Waals surface area contributed by atoms with Gasteiger partial charge in [0.15, 0.2) is 0 Å². The third-order valence-corrected chi connectivity index (χ3v) is 4.28. The van der Waals surface area contributed by atoms with Crippen LogP contribution in [0.15, 0.2) is 47.5 Å². The molecular formula is C18H12F3N3O. The van der Waals surface area contributed by atoms with E-state index in [9.17, 15) is 18.0 Å². The van der Waals surface area contributed by atoms with E-state index in [1.807, 2.05) is 0 Å². The highest BCUT2D eigenvalue weighted by Gasteiger charge is 2.31. The maximum absolute atomic E-state index is 13.0. The Balaban J connectivity index is 2.14. The number of benzene rings is 1. The predicted molar refractivity (Wildman–Crippen MR) is 89.4 cm³/mol. The van der Waals surface area contributed by atoms with Gasteiger partial charge in [-0.1, -0.05) is 6.07 Å². The molecule has 4 aromatic rings. The predicted octanol–water partition coefficient (Wildman–Crippen LogP) is 4.40. The third-order valence-electron chi connectivity index (χ3n) is 4.28. The van der Waals surface area contributed by atoms with Crippen molar-refractivity contribution in [3.8, 4) is 11.1 Å². The van der Waals surface area contributed by atoms with Crippen molar-refractivity contribution >= 4 is 21.9 Å². The molecule has 0 radical (unpaired) electrons. The number of hydrogen-bond acceptors (Lipinski definition) is 2. The van der Waals surface area contributed by atoms with Gasteiger partial charge in [-0.25, -0.2) is 0 Å². The standard InChI is InChI=1S/C18H12F3N3O/c1-9-14(10-3-2-6-22-8-10)16-15(24-17(9)25)12-7-11(18(19,20)21)4-5-13(12)23-16/h2-8,23H,1H3,(H,24,25). The maximum Gasteiger partial charge on any atom is 0.416 e. The molecule has 4 nitrogen and oxygen atoms in total. The minimum atomic E-state index is -4.45. The third kappa shape index (κ3) is 2.39. The zero-order chi connectivity index (χ0) is 17.8. The molecule has 3 heterocycles. The molecule has 0 unspecified atom stereocenters. The van der Waals surface area contributed by atoms with Gasteiger partial charge in [-0.2, -0.15) is 13.2 Å². The van der Waals surface area contributed by atoms with Crippen LogP contribution in [0.2, 0.25) is 0 Å². The second-order valence-corrected chi connectivity index (χ2v) is 5.83. The average Bonchev–Trinajstić information content (AvgIpc) is 2.93. The molecule has 0 saturated heterocycles. The molecule has 0 spiro atoms. The molecule has 0 bridgehead atoms. The van der Waals surface area contributed by atoms with Crippen LogP contribution in [0.4, 0.5) is 13.2 Å². The summed E-state index contributed by atoms with van der Waals surface area (Å²) < 4.78 is 39.1. The van der Waals surface area contributed by atoms with Crippen molar-refractivity contribution in [1.82, 2.24) is 15.0 Å². The Hall–Kier alpha value is -3.09. The molecule has 0 amide bonds. The first-order chi connectivity index (χ1) is 11.9. The van der Waals surface area contributed by atoms with Gasteiger partial charge in [0, 0.05) is 40.0 Å². The topological polar surface area (TPSA) is 61.5 Å². The fraction of sp³-hybridized carbons (Fsp3) is 0.111. The van der Waals surface area contributed by atoms with Crippen LogP contribution in [0.25, 0.3) is 33.1 Å². The number of aromatic nitrogens is 3. The zero-order valence-electron chi connectivity index (χ0n) is 13.0. The van der Waals surface area contributed by atoms with Crippen LogP contribution in [0, 0.1) is 6.92 Å². The molecule has 0 atom stereocenters. The fourth-order valence-corrected chi connectivity index (χ4v) is 3.07. The van der Waals surface area contributed by atoms with Gasteiger partial charge in [0.1, 0.15) is 0 Å². The van der Waals surface area contributed by atoms with Gasteiger partial charge in [0.05, 0.1) is 16.6 Å². The molecule has 0 saturated carbocycles. The van der Waals surface area contributed by atoms with E-state index in [-0.39, 0.29) is 5.56 Å². The SMILES string of the molecule is Cc1c(-c2cccnc2)c2[nH]c3ccc(C(F)(F)F)cc3c2[nH]c1=O. The summed E-state index contributed by atoms with van der Waals surface area (Å²) in [6.07, 6.45) is -1.22. The van der Waals surface area contributed by atoms with Crippen molar-refractivity contribution in [3.05, 3.63) is 64.2 Å². The van der Waals surface area contributed by atoms with Crippen molar-refractivity contribution < 1.29 is 13.2 Å². The van der Waals surface area contributed by atoms with E-state index in [1.165, 1.54) is 6.07 Å². The lowest BCUT2D eigenvalue weighted by atomic mass is 10.0. The molecule has 25 heavy (non-hydrogen) atoms. The second kappa shape index (κ2) is 5.20. The molecular weight excluding hydrogens is 331 g/mol. The summed E-state index contributed by atoms with van der Waals surface area (Å²) in [5.41, 5.74) is 2.19. The lowest BCUT2D eigenvalue weighted by Crippen LogP contribution is -2.11. The Kier molecular flexibility index (Phi) is 3.21. The summed E-state index contributed by atoms with van der Waals surface area (Å²) in [6, 6.07) is 6.99. The first-order valence-corrected chi connectivity index (χ1v) is 7.52. The monoisotopic (exact) mass is 343 g/mol. The summed E-state index contributed by atoms with van der Waals surface area (Å²) >= 11 is 0. The molecule has 0 aliphatic carbocycles. The number of H-pyrrole nitrogens is 2. The molecule has 3 aromatic heterocycles. The largest absolute Gasteiger partial charge is 0.416 e. The molecule has 0 aliphatic rings. The Morgan fingerprint density at radius 2 is 1.88 bits per heavy atom. The minimum Gasteiger partial charge on any atom is -0.353 e. The summed E-state index contributed by atoms with van der Waals surface area (Å²) in [7, 11) is 0. The smallest absolute Gasteiger partial charge is 0.353 e. The Bertz CT molecular complexity index is 1160. The van der Waals surface area contributed by atoms with Crippen molar-refractivity contribution in [1.29, 1.82) is 0 Å². The van der Waals surface area contributed by atoms with Crippen LogP contribution in [-0.4, -0.2) is 15.0 Å². The highest BCUT2D eigenvalue weighted by molar-refractivity contribution is 6.10. The normalized spacial score (nSPS) is 12.2. The minimum absolute atomic E-state index is 0.326. The summed E-state index contributed by atoms with van der Waals surface area (Å²) in [5, 5.41) is 0.326. The molecule has 4 rings (SSSR count). The van der Waals surface area contributed by atoms with Gasteiger partial charge in [-0.05, 0) is 31.2 Å². The number of aromatic amines is 2. The lowest BCUT2D eigenvalue weighted by Gasteiger charge is -2.07. The first kappa shape index (κ1) is 15.4. The number of hydrogen-bond donors (Lipinski definition) is 2. The van der Waals surface area contributed by atoms with E-state index in [0.29, 0.717) is 33.1 Å². The van der Waals surface area contributed by atoms with Crippen LogP contribution in [0.1, 0.15) is 11.1 Å². The number of halogens is 3. The number of rotatable bonds is 1. The highest BCUT2D eigenvalue weighted by Crippen LogP contribution is 2.36. The van der Waals surface area contributed by atoms with Gasteiger partial charge in [0.25, 0.3) is 5.56 Å². The molecule has 0 fully saturated rings. The van der Waals surface area contributed by atoms with Gasteiger partial charge in [-0.15, -0.1) is 0 Å². The first-order valence-electron chi connectivity index (χ1n) is 7.52. The Labute approximate surface area is 139 Å². The summed E-state index contributed by atoms with van der Waals surface area (Å²) in [5.74, 6) is 0. The van der Waals surface area contributed by atoms with E-state index in [4.69, 9.17) is 0 Å². The number of nitrogens with one attached hydrogen (secondary N) is 2. The quantitative estimate of drug-likeness (QED) is 0.538. The zero-order valence-corrected chi connectivity index (χ0v) is 13.0. The highest BCUT2D eigenvalue weighted by atomic mass is 19.4. The van der Waals surface area contributed by atoms with E-state index in [2.05, 4.69) is 15.0 Å². The molecule has 2 N–H and O–H groups in total. The van der Waals surface area contributed by atoms with Crippen molar-refractivity contribution in [2.45, 2.75) is 13.1 Å². The number of alkyl halides is 3. The number of nitrogens with zero attached hydrogens (tertiary/aromatic N) is 1. The lowest BCUT2D eigenvalue weighted by molar-refractivity contribution is -0.137. The maximum atomic E-state index is 13.0. The van der Waals surface area contributed by atoms with Crippen LogP contribution < -0.4 is 5.56 Å². The Morgan fingerprint density at radius 1 is 1.08 bits per heavy atom. The summed E-state index contributed by atoms with van der Waals surface area (Å²) in [6.45, 7) is 1.67. The van der Waals surface area contributed by atoms with Crippen molar-refractivity contribution in [2.24, 2.45) is 0 Å². The van der Waals surface area contributed by atoms with E-state index < -0.39 is 11.7 Å². The molecule has 0 aliphatic heterocycles. The fourth-order valence-electron chi connectivity index (χ4n) is 3.07.